The van der Waals surface area contributed by atoms with E-state index in [0.29, 0.717) is 12.8 Å². The van der Waals surface area contributed by atoms with Gasteiger partial charge in [-0.1, -0.05) is 55.4 Å². The summed E-state index contributed by atoms with van der Waals surface area (Å²) < 4.78 is 6.02. The highest BCUT2D eigenvalue weighted by Gasteiger charge is 2.40. The summed E-state index contributed by atoms with van der Waals surface area (Å²) in [5, 5.41) is 8.95. The van der Waals surface area contributed by atoms with Crippen LogP contribution in [0.25, 0.3) is 0 Å². The van der Waals surface area contributed by atoms with Gasteiger partial charge in [0.05, 0.1) is 5.41 Å². The highest BCUT2D eigenvalue weighted by Crippen LogP contribution is 2.41. The van der Waals surface area contributed by atoms with Crippen LogP contribution in [0.2, 0.25) is 0 Å². The van der Waals surface area contributed by atoms with Crippen molar-refractivity contribution in [2.45, 2.75) is 107 Å². The molecule has 0 aromatic rings. The Morgan fingerprint density at radius 1 is 0.846 bits per heavy atom. The van der Waals surface area contributed by atoms with Crippen LogP contribution in [0.1, 0.15) is 101 Å². The van der Waals surface area contributed by atoms with Gasteiger partial charge in [0.1, 0.15) is 6.10 Å². The lowest BCUT2D eigenvalue weighted by molar-refractivity contribution is -0.169. The summed E-state index contributed by atoms with van der Waals surface area (Å²) in [4.78, 5) is 23.8. The molecule has 4 heteroatoms. The second kappa shape index (κ2) is 8.75. The molecule has 0 aliphatic heterocycles. The Labute approximate surface area is 161 Å². The first kappa shape index (κ1) is 24.9. The van der Waals surface area contributed by atoms with E-state index >= 15 is 0 Å². The molecule has 1 N–H and O–H groups in total. The van der Waals surface area contributed by atoms with Crippen LogP contribution >= 0.6 is 0 Å². The molecule has 4 nitrogen and oxygen atoms in total. The van der Waals surface area contributed by atoms with Crippen molar-refractivity contribution in [3.63, 3.8) is 0 Å². The average molecular weight is 371 g/mol. The van der Waals surface area contributed by atoms with Crippen LogP contribution in [0.5, 0.6) is 0 Å². The Morgan fingerprint density at radius 3 is 1.69 bits per heavy atom. The first-order chi connectivity index (χ1) is 11.4. The molecule has 0 fully saturated rings. The molecule has 1 unspecified atom stereocenters. The normalized spacial score (nSPS) is 14.8. The van der Waals surface area contributed by atoms with Gasteiger partial charge in [-0.25, -0.2) is 0 Å². The number of carbonyl (C=O) groups is 2. The van der Waals surface area contributed by atoms with E-state index in [1.807, 2.05) is 13.8 Å². The summed E-state index contributed by atoms with van der Waals surface area (Å²) in [6, 6.07) is 0. The van der Waals surface area contributed by atoms with E-state index in [9.17, 15) is 9.59 Å². The molecule has 0 bridgehead atoms. The van der Waals surface area contributed by atoms with Crippen molar-refractivity contribution in [3.05, 3.63) is 0 Å². The Bertz CT molecular complexity index is 475. The van der Waals surface area contributed by atoms with Gasteiger partial charge >= 0.3 is 11.9 Å². The highest BCUT2D eigenvalue weighted by molar-refractivity contribution is 5.76. The van der Waals surface area contributed by atoms with E-state index in [1.165, 1.54) is 0 Å². The number of carboxylic acids is 1. The largest absolute Gasteiger partial charge is 0.481 e. The van der Waals surface area contributed by atoms with Crippen LogP contribution < -0.4 is 0 Å². The summed E-state index contributed by atoms with van der Waals surface area (Å²) in [6.07, 6.45) is 2.54. The third kappa shape index (κ3) is 10.2. The molecule has 0 saturated carbocycles. The molecule has 0 amide bonds. The number of ether oxygens (including phenoxy) is 1. The second-order valence-electron chi connectivity index (χ2n) is 11.5. The molecular formula is C22H42O4. The van der Waals surface area contributed by atoms with E-state index in [0.717, 1.165) is 12.8 Å². The third-order valence-corrected chi connectivity index (χ3v) is 4.49. The summed E-state index contributed by atoms with van der Waals surface area (Å²) in [5.41, 5.74) is -0.657. The van der Waals surface area contributed by atoms with E-state index < -0.39 is 11.4 Å². The summed E-state index contributed by atoms with van der Waals surface area (Å²) in [6.45, 7) is 21.0. The Morgan fingerprint density at radius 2 is 1.31 bits per heavy atom. The van der Waals surface area contributed by atoms with Gasteiger partial charge in [-0.2, -0.15) is 0 Å². The lowest BCUT2D eigenvalue weighted by Gasteiger charge is -2.40. The molecule has 0 spiro atoms. The molecule has 0 heterocycles. The van der Waals surface area contributed by atoms with Crippen molar-refractivity contribution in [2.24, 2.45) is 21.7 Å². The maximum Gasteiger partial charge on any atom is 0.311 e. The molecule has 0 saturated heterocycles. The minimum absolute atomic E-state index is 0.0300. The second-order valence-corrected chi connectivity index (χ2v) is 11.5. The van der Waals surface area contributed by atoms with Crippen molar-refractivity contribution >= 4 is 11.9 Å². The first-order valence-corrected chi connectivity index (χ1v) is 9.79. The molecule has 0 aromatic carbocycles. The monoisotopic (exact) mass is 370 g/mol. The fourth-order valence-corrected chi connectivity index (χ4v) is 4.22. The van der Waals surface area contributed by atoms with Crippen molar-refractivity contribution in [1.29, 1.82) is 0 Å². The fraction of sp³-hybridized carbons (Fsp3) is 0.909. The number of esters is 1. The molecule has 0 aliphatic rings. The maximum absolute atomic E-state index is 12.9. The van der Waals surface area contributed by atoms with Crippen LogP contribution in [0.15, 0.2) is 0 Å². The zero-order valence-corrected chi connectivity index (χ0v) is 18.8. The standard InChI is InChI=1S/C22H42O4/c1-19(2,3)14-21(7,8)16(12-11-13-17(23)24)26-18(25)22(9,10)15-20(4,5)6/h16H,11-15H2,1-10H3,(H,23,24). The SMILES string of the molecule is CC(C)(C)CC(C)(C)C(=O)OC(CCCC(=O)O)C(C)(C)CC(C)(C)C. The van der Waals surface area contributed by atoms with Gasteiger partial charge in [0.2, 0.25) is 0 Å². The van der Waals surface area contributed by atoms with Crippen LogP contribution in [0.4, 0.5) is 0 Å². The topological polar surface area (TPSA) is 63.6 Å². The van der Waals surface area contributed by atoms with Crippen LogP contribution in [0.3, 0.4) is 0 Å². The molecule has 0 rings (SSSR count). The number of hydrogen-bond acceptors (Lipinski definition) is 3. The van der Waals surface area contributed by atoms with Gasteiger partial charge in [-0.05, 0) is 50.4 Å². The molecule has 154 valence electrons. The van der Waals surface area contributed by atoms with Gasteiger partial charge in [-0.15, -0.1) is 0 Å². The quantitative estimate of drug-likeness (QED) is 0.500. The number of hydrogen-bond donors (Lipinski definition) is 1. The van der Waals surface area contributed by atoms with Crippen molar-refractivity contribution in [1.82, 2.24) is 0 Å². The molecule has 1 atom stereocenters. The number of carboxylic acid groups (broad SMARTS) is 1. The summed E-state index contributed by atoms with van der Waals surface area (Å²) >= 11 is 0. The smallest absolute Gasteiger partial charge is 0.311 e. The minimum Gasteiger partial charge on any atom is -0.481 e. The lowest BCUT2D eigenvalue weighted by atomic mass is 9.71. The van der Waals surface area contributed by atoms with Crippen LogP contribution in [-0.2, 0) is 14.3 Å². The minimum atomic E-state index is -0.809. The van der Waals surface area contributed by atoms with Gasteiger partial charge in [-0.3, -0.25) is 9.59 Å². The van der Waals surface area contributed by atoms with E-state index in [4.69, 9.17) is 9.84 Å². The summed E-state index contributed by atoms with van der Waals surface area (Å²) in [5.74, 6) is -0.994. The fourth-order valence-electron chi connectivity index (χ4n) is 4.22. The van der Waals surface area contributed by atoms with Gasteiger partial charge in [0.25, 0.3) is 0 Å². The van der Waals surface area contributed by atoms with E-state index in [-0.39, 0.29) is 34.7 Å². The lowest BCUT2D eigenvalue weighted by Crippen LogP contribution is -2.41. The molecular weight excluding hydrogens is 328 g/mol. The molecule has 0 radical (unpaired) electrons. The third-order valence-electron chi connectivity index (χ3n) is 4.49. The van der Waals surface area contributed by atoms with Gasteiger partial charge < -0.3 is 9.84 Å². The summed E-state index contributed by atoms with van der Waals surface area (Å²) in [7, 11) is 0. The predicted octanol–water partition coefficient (Wildman–Crippen LogP) is 6.08. The van der Waals surface area contributed by atoms with Crippen molar-refractivity contribution in [3.8, 4) is 0 Å². The van der Waals surface area contributed by atoms with Gasteiger partial charge in [0, 0.05) is 11.8 Å². The first-order valence-electron chi connectivity index (χ1n) is 9.79. The van der Waals surface area contributed by atoms with E-state index in [2.05, 4.69) is 55.4 Å². The Balaban J connectivity index is 5.33. The van der Waals surface area contributed by atoms with Crippen molar-refractivity contribution < 1.29 is 19.4 Å². The molecule has 0 aliphatic carbocycles. The van der Waals surface area contributed by atoms with Crippen LogP contribution in [0, 0.1) is 21.7 Å². The average Bonchev–Trinajstić information content (AvgIpc) is 2.30. The zero-order valence-electron chi connectivity index (χ0n) is 18.8. The predicted molar refractivity (Wildman–Crippen MR) is 107 cm³/mol. The highest BCUT2D eigenvalue weighted by atomic mass is 16.5. The zero-order chi connectivity index (χ0) is 21.0. The Hall–Kier alpha value is -1.06. The van der Waals surface area contributed by atoms with Crippen LogP contribution in [-0.4, -0.2) is 23.1 Å². The van der Waals surface area contributed by atoms with E-state index in [1.54, 1.807) is 0 Å². The maximum atomic E-state index is 12.9. The molecule has 26 heavy (non-hydrogen) atoms. The van der Waals surface area contributed by atoms with Crippen molar-refractivity contribution in [2.75, 3.05) is 0 Å². The number of rotatable bonds is 9. The number of aliphatic carboxylic acids is 1. The van der Waals surface area contributed by atoms with Gasteiger partial charge in [0.15, 0.2) is 0 Å². The number of carbonyl (C=O) groups excluding carboxylic acids is 1. The molecule has 0 aromatic heterocycles. The Kier molecular flexibility index (Phi) is 8.40.